The van der Waals surface area contributed by atoms with E-state index in [1.807, 2.05) is 73.7 Å². The zero-order valence-electron chi connectivity index (χ0n) is 17.8. The number of amides is 1. The second kappa shape index (κ2) is 10.4. The lowest BCUT2D eigenvalue weighted by Gasteiger charge is -2.19. The predicted octanol–water partition coefficient (Wildman–Crippen LogP) is 3.92. The standard InChI is InChI=1S/C25H28N2O3S/c1-19-13-14-24(20(2)17-19)31(29,30)27-16-15-25(28)26-18-23(21-9-5-3-6-10-21)22-11-7-4-8-12-22/h3-14,17,23,27H,15-16,18H2,1-2H3,(H,26,28). The number of nitrogens with one attached hydrogen (secondary N) is 2. The summed E-state index contributed by atoms with van der Waals surface area (Å²) >= 11 is 0. The van der Waals surface area contributed by atoms with Crippen LogP contribution in [0, 0.1) is 13.8 Å². The SMILES string of the molecule is Cc1ccc(S(=O)(=O)NCCC(=O)NCC(c2ccccc2)c2ccccc2)c(C)c1. The zero-order chi connectivity index (χ0) is 22.3. The van der Waals surface area contributed by atoms with E-state index < -0.39 is 10.0 Å². The number of sulfonamides is 1. The maximum Gasteiger partial charge on any atom is 0.240 e. The van der Waals surface area contributed by atoms with Crippen molar-refractivity contribution in [2.24, 2.45) is 0 Å². The molecule has 31 heavy (non-hydrogen) atoms. The van der Waals surface area contributed by atoms with Gasteiger partial charge in [0.15, 0.2) is 0 Å². The van der Waals surface area contributed by atoms with Crippen molar-refractivity contribution >= 4 is 15.9 Å². The van der Waals surface area contributed by atoms with Gasteiger partial charge in [-0.25, -0.2) is 13.1 Å². The van der Waals surface area contributed by atoms with E-state index in [-0.39, 0.29) is 29.7 Å². The molecule has 162 valence electrons. The van der Waals surface area contributed by atoms with Crippen LogP contribution in [0.15, 0.2) is 83.8 Å². The van der Waals surface area contributed by atoms with Gasteiger partial charge in [-0.2, -0.15) is 0 Å². The van der Waals surface area contributed by atoms with Gasteiger partial charge in [0.1, 0.15) is 0 Å². The summed E-state index contributed by atoms with van der Waals surface area (Å²) in [6.45, 7) is 4.17. The summed E-state index contributed by atoms with van der Waals surface area (Å²) in [6.07, 6.45) is 0.0699. The highest BCUT2D eigenvalue weighted by Crippen LogP contribution is 2.23. The molecular weight excluding hydrogens is 408 g/mol. The Bertz CT molecular complexity index is 1070. The van der Waals surface area contributed by atoms with Crippen molar-refractivity contribution in [3.8, 4) is 0 Å². The summed E-state index contributed by atoms with van der Waals surface area (Å²) in [5.74, 6) is -0.168. The Morgan fingerprint density at radius 3 is 2.00 bits per heavy atom. The number of aryl methyl sites for hydroxylation is 2. The second-order valence-corrected chi connectivity index (χ2v) is 9.33. The van der Waals surface area contributed by atoms with Crippen LogP contribution >= 0.6 is 0 Å². The van der Waals surface area contributed by atoms with Crippen molar-refractivity contribution < 1.29 is 13.2 Å². The number of rotatable bonds is 9. The molecule has 0 bridgehead atoms. The van der Waals surface area contributed by atoms with Gasteiger partial charge in [0.05, 0.1) is 4.90 Å². The van der Waals surface area contributed by atoms with Crippen molar-refractivity contribution in [2.75, 3.05) is 13.1 Å². The molecule has 0 heterocycles. The zero-order valence-corrected chi connectivity index (χ0v) is 18.7. The van der Waals surface area contributed by atoms with Crippen LogP contribution in [-0.2, 0) is 14.8 Å². The third-order valence-electron chi connectivity index (χ3n) is 5.17. The Morgan fingerprint density at radius 2 is 1.45 bits per heavy atom. The van der Waals surface area contributed by atoms with E-state index in [0.717, 1.165) is 16.7 Å². The average Bonchev–Trinajstić information content (AvgIpc) is 2.75. The fourth-order valence-corrected chi connectivity index (χ4v) is 4.84. The number of hydrogen-bond acceptors (Lipinski definition) is 3. The minimum Gasteiger partial charge on any atom is -0.355 e. The monoisotopic (exact) mass is 436 g/mol. The highest BCUT2D eigenvalue weighted by Gasteiger charge is 2.18. The van der Waals surface area contributed by atoms with Crippen molar-refractivity contribution in [1.29, 1.82) is 0 Å². The lowest BCUT2D eigenvalue weighted by atomic mass is 9.91. The molecule has 0 aliphatic rings. The Kier molecular flexibility index (Phi) is 7.60. The largest absolute Gasteiger partial charge is 0.355 e. The summed E-state index contributed by atoms with van der Waals surface area (Å²) in [4.78, 5) is 12.6. The second-order valence-electron chi connectivity index (χ2n) is 7.59. The van der Waals surface area contributed by atoms with Gasteiger partial charge < -0.3 is 5.32 Å². The summed E-state index contributed by atoms with van der Waals surface area (Å²) < 4.78 is 27.6. The van der Waals surface area contributed by atoms with E-state index in [1.165, 1.54) is 0 Å². The smallest absolute Gasteiger partial charge is 0.240 e. The van der Waals surface area contributed by atoms with E-state index >= 15 is 0 Å². The molecular formula is C25H28N2O3S. The predicted molar refractivity (Wildman–Crippen MR) is 123 cm³/mol. The van der Waals surface area contributed by atoms with Crippen LogP contribution in [0.2, 0.25) is 0 Å². The molecule has 2 N–H and O–H groups in total. The summed E-state index contributed by atoms with van der Waals surface area (Å²) in [7, 11) is -3.65. The molecule has 0 aliphatic heterocycles. The molecule has 0 aliphatic carbocycles. The lowest BCUT2D eigenvalue weighted by Crippen LogP contribution is -2.33. The molecule has 0 saturated carbocycles. The van der Waals surface area contributed by atoms with Gasteiger partial charge in [0.2, 0.25) is 15.9 Å². The first-order valence-electron chi connectivity index (χ1n) is 10.3. The van der Waals surface area contributed by atoms with Crippen molar-refractivity contribution in [1.82, 2.24) is 10.0 Å². The molecule has 3 aromatic rings. The molecule has 6 heteroatoms. The molecule has 3 aromatic carbocycles. The quantitative estimate of drug-likeness (QED) is 0.534. The summed E-state index contributed by atoms with van der Waals surface area (Å²) in [6, 6.07) is 25.2. The molecule has 0 atom stereocenters. The highest BCUT2D eigenvalue weighted by atomic mass is 32.2. The maximum absolute atomic E-state index is 12.5. The van der Waals surface area contributed by atoms with Gasteiger partial charge in [-0.05, 0) is 36.6 Å². The van der Waals surface area contributed by atoms with Crippen LogP contribution in [-0.4, -0.2) is 27.4 Å². The maximum atomic E-state index is 12.5. The lowest BCUT2D eigenvalue weighted by molar-refractivity contribution is -0.120. The van der Waals surface area contributed by atoms with Crippen molar-refractivity contribution in [2.45, 2.75) is 31.1 Å². The van der Waals surface area contributed by atoms with E-state index in [9.17, 15) is 13.2 Å². The van der Waals surface area contributed by atoms with Gasteiger partial charge in [0, 0.05) is 25.4 Å². The number of hydrogen-bond donors (Lipinski definition) is 2. The van der Waals surface area contributed by atoms with E-state index in [1.54, 1.807) is 19.1 Å². The topological polar surface area (TPSA) is 75.3 Å². The minimum absolute atomic E-state index is 0.0262. The molecule has 0 aromatic heterocycles. The Morgan fingerprint density at radius 1 is 0.871 bits per heavy atom. The molecule has 5 nitrogen and oxygen atoms in total. The van der Waals surface area contributed by atoms with Gasteiger partial charge in [-0.15, -0.1) is 0 Å². The van der Waals surface area contributed by atoms with E-state index in [2.05, 4.69) is 10.0 Å². The fourth-order valence-electron chi connectivity index (χ4n) is 3.58. The Balaban J connectivity index is 1.57. The summed E-state index contributed by atoms with van der Waals surface area (Å²) in [5.41, 5.74) is 3.92. The average molecular weight is 437 g/mol. The molecule has 1 amide bonds. The van der Waals surface area contributed by atoms with Crippen molar-refractivity contribution in [3.05, 3.63) is 101 Å². The van der Waals surface area contributed by atoms with Gasteiger partial charge in [0.25, 0.3) is 0 Å². The first-order chi connectivity index (χ1) is 14.9. The third-order valence-corrected chi connectivity index (χ3v) is 6.79. The summed E-state index contributed by atoms with van der Waals surface area (Å²) in [5, 5.41) is 2.95. The molecule has 0 unspecified atom stereocenters. The molecule has 3 rings (SSSR count). The first-order valence-corrected chi connectivity index (χ1v) is 11.8. The molecule has 0 spiro atoms. The molecule has 0 radical (unpaired) electrons. The van der Waals surface area contributed by atoms with Gasteiger partial charge in [-0.1, -0.05) is 78.4 Å². The normalized spacial score (nSPS) is 11.5. The van der Waals surface area contributed by atoms with Crippen LogP contribution in [0.5, 0.6) is 0 Å². The van der Waals surface area contributed by atoms with E-state index in [0.29, 0.717) is 12.1 Å². The van der Waals surface area contributed by atoms with Gasteiger partial charge in [-0.3, -0.25) is 4.79 Å². The Hall–Kier alpha value is -2.96. The van der Waals surface area contributed by atoms with Crippen molar-refractivity contribution in [3.63, 3.8) is 0 Å². The Labute approximate surface area is 184 Å². The number of benzene rings is 3. The van der Waals surface area contributed by atoms with Crippen LogP contribution in [0.1, 0.15) is 34.6 Å². The van der Waals surface area contributed by atoms with Crippen LogP contribution in [0.4, 0.5) is 0 Å². The number of carbonyl (C=O) groups excluding carboxylic acids is 1. The van der Waals surface area contributed by atoms with Crippen LogP contribution in [0.25, 0.3) is 0 Å². The highest BCUT2D eigenvalue weighted by molar-refractivity contribution is 7.89. The minimum atomic E-state index is -3.65. The number of carbonyl (C=O) groups is 1. The molecule has 0 saturated heterocycles. The molecule has 0 fully saturated rings. The van der Waals surface area contributed by atoms with Gasteiger partial charge >= 0.3 is 0 Å². The van der Waals surface area contributed by atoms with Crippen LogP contribution in [0.3, 0.4) is 0 Å². The van der Waals surface area contributed by atoms with E-state index in [4.69, 9.17) is 0 Å². The first kappa shape index (κ1) is 22.7. The van der Waals surface area contributed by atoms with Crippen LogP contribution < -0.4 is 10.0 Å². The third kappa shape index (κ3) is 6.26. The fraction of sp³-hybridized carbons (Fsp3) is 0.240.